The lowest BCUT2D eigenvalue weighted by atomic mass is 10.1. The summed E-state index contributed by atoms with van der Waals surface area (Å²) in [6, 6.07) is 2.54. The molecule has 7 heteroatoms. The first-order chi connectivity index (χ1) is 9.47. The van der Waals surface area contributed by atoms with Crippen LogP contribution in [0.2, 0.25) is 15.1 Å². The second kappa shape index (κ2) is 5.10. The third-order valence-electron chi connectivity index (χ3n) is 3.52. The number of anilines is 1. The molecular weight excluding hydrogens is 323 g/mol. The van der Waals surface area contributed by atoms with E-state index in [4.69, 9.17) is 34.8 Å². The zero-order valence-corrected chi connectivity index (χ0v) is 12.6. The molecule has 1 aromatic carbocycles. The Labute approximate surface area is 131 Å². The van der Waals surface area contributed by atoms with Crippen molar-refractivity contribution < 1.29 is 9.59 Å². The molecule has 2 fully saturated rings. The molecule has 3 rings (SSSR count). The Morgan fingerprint density at radius 3 is 2.35 bits per heavy atom. The van der Waals surface area contributed by atoms with Gasteiger partial charge in [-0.2, -0.15) is 0 Å². The molecule has 1 saturated heterocycles. The van der Waals surface area contributed by atoms with Crippen LogP contribution >= 0.6 is 34.8 Å². The fourth-order valence-electron chi connectivity index (χ4n) is 2.34. The molecule has 4 nitrogen and oxygen atoms in total. The molecule has 1 heterocycles. The average Bonchev–Trinajstić information content (AvgIpc) is 3.21. The van der Waals surface area contributed by atoms with E-state index in [1.54, 1.807) is 0 Å². The summed E-state index contributed by atoms with van der Waals surface area (Å²) in [7, 11) is 0. The van der Waals surface area contributed by atoms with E-state index in [2.05, 4.69) is 5.32 Å². The Morgan fingerprint density at radius 1 is 1.05 bits per heavy atom. The van der Waals surface area contributed by atoms with Crippen molar-refractivity contribution in [2.45, 2.75) is 18.9 Å². The molecule has 1 atom stereocenters. The van der Waals surface area contributed by atoms with Gasteiger partial charge in [-0.25, -0.2) is 0 Å². The number of benzene rings is 1. The van der Waals surface area contributed by atoms with Crippen molar-refractivity contribution in [3.05, 3.63) is 27.2 Å². The van der Waals surface area contributed by atoms with Crippen LogP contribution in [-0.2, 0) is 9.59 Å². The quantitative estimate of drug-likeness (QED) is 0.846. The molecule has 20 heavy (non-hydrogen) atoms. The third kappa shape index (κ3) is 2.48. The number of carbonyl (C=O) groups excluding carboxylic acids is 2. The summed E-state index contributed by atoms with van der Waals surface area (Å²) in [4.78, 5) is 25.7. The molecule has 2 aliphatic rings. The summed E-state index contributed by atoms with van der Waals surface area (Å²) in [6.07, 6.45) is 1.92. The van der Waals surface area contributed by atoms with Crippen molar-refractivity contribution in [2.75, 3.05) is 11.4 Å². The van der Waals surface area contributed by atoms with Gasteiger partial charge in [0.25, 0.3) is 0 Å². The van der Waals surface area contributed by atoms with E-state index >= 15 is 0 Å². The second-order valence-electron chi connectivity index (χ2n) is 5.02. The molecule has 1 aromatic rings. The van der Waals surface area contributed by atoms with Crippen molar-refractivity contribution in [3.8, 4) is 0 Å². The Kier molecular flexibility index (Phi) is 3.56. The summed E-state index contributed by atoms with van der Waals surface area (Å²) >= 11 is 18.0. The fourth-order valence-corrected chi connectivity index (χ4v) is 2.99. The number of nitrogens with zero attached hydrogens (tertiary/aromatic N) is 1. The van der Waals surface area contributed by atoms with Crippen LogP contribution in [0.3, 0.4) is 0 Å². The lowest BCUT2D eigenvalue weighted by molar-refractivity contribution is -0.131. The Bertz CT molecular complexity index is 602. The number of rotatable bonds is 2. The normalized spacial score (nSPS) is 22.9. The van der Waals surface area contributed by atoms with E-state index in [0.29, 0.717) is 20.8 Å². The molecule has 1 unspecified atom stereocenters. The van der Waals surface area contributed by atoms with Gasteiger partial charge in [-0.3, -0.25) is 14.5 Å². The molecule has 0 bridgehead atoms. The second-order valence-corrected chi connectivity index (χ2v) is 6.25. The molecule has 106 valence electrons. The van der Waals surface area contributed by atoms with E-state index < -0.39 is 6.04 Å². The Morgan fingerprint density at radius 2 is 1.70 bits per heavy atom. The number of nitrogens with one attached hydrogen (secondary N) is 1. The highest BCUT2D eigenvalue weighted by Crippen LogP contribution is 2.38. The lowest BCUT2D eigenvalue weighted by Gasteiger charge is -2.33. The molecule has 2 amide bonds. The summed E-state index contributed by atoms with van der Waals surface area (Å²) in [5.41, 5.74) is 0.423. The molecule has 1 aliphatic heterocycles. The first kappa shape index (κ1) is 14.0. The predicted octanol–water partition coefficient (Wildman–Crippen LogP) is 2.89. The van der Waals surface area contributed by atoms with Crippen LogP contribution in [0, 0.1) is 5.92 Å². The van der Waals surface area contributed by atoms with Crippen LogP contribution in [0.15, 0.2) is 12.1 Å². The number of carbonyl (C=O) groups is 2. The molecule has 0 radical (unpaired) electrons. The SMILES string of the molecule is O=C1CN(c2cc(Cl)c(Cl)cc2Cl)C(=O)C(C2CC2)N1. The van der Waals surface area contributed by atoms with Gasteiger partial charge in [0.1, 0.15) is 12.6 Å². The van der Waals surface area contributed by atoms with E-state index in [9.17, 15) is 9.59 Å². The average molecular weight is 334 g/mol. The predicted molar refractivity (Wildman–Crippen MR) is 78.5 cm³/mol. The third-order valence-corrected chi connectivity index (χ3v) is 4.55. The van der Waals surface area contributed by atoms with E-state index in [-0.39, 0.29) is 24.3 Å². The summed E-state index contributed by atoms with van der Waals surface area (Å²) in [5.74, 6) is -0.105. The summed E-state index contributed by atoms with van der Waals surface area (Å²) in [5, 5.41) is 3.66. The van der Waals surface area contributed by atoms with Gasteiger partial charge in [0.15, 0.2) is 0 Å². The van der Waals surface area contributed by atoms with Crippen LogP contribution < -0.4 is 10.2 Å². The van der Waals surface area contributed by atoms with Crippen LogP contribution in [0.5, 0.6) is 0 Å². The number of hydrogen-bond donors (Lipinski definition) is 1. The standard InChI is InChI=1S/C13H11Cl3N2O2/c14-7-3-9(16)10(4-8(7)15)18-5-11(19)17-12(13(18)20)6-1-2-6/h3-4,6,12H,1-2,5H2,(H,17,19). The monoisotopic (exact) mass is 332 g/mol. The van der Waals surface area contributed by atoms with Gasteiger partial charge in [-0.15, -0.1) is 0 Å². The first-order valence-electron chi connectivity index (χ1n) is 6.22. The van der Waals surface area contributed by atoms with Crippen molar-refractivity contribution in [1.29, 1.82) is 0 Å². The minimum absolute atomic E-state index is 0.0558. The largest absolute Gasteiger partial charge is 0.342 e. The van der Waals surface area contributed by atoms with Crippen molar-refractivity contribution in [2.24, 2.45) is 5.92 Å². The fraction of sp³-hybridized carbons (Fsp3) is 0.385. The smallest absolute Gasteiger partial charge is 0.250 e. The minimum Gasteiger partial charge on any atom is -0.342 e. The lowest BCUT2D eigenvalue weighted by Crippen LogP contribution is -2.59. The minimum atomic E-state index is -0.457. The molecule has 1 saturated carbocycles. The van der Waals surface area contributed by atoms with Gasteiger partial charge < -0.3 is 5.32 Å². The molecule has 1 N–H and O–H groups in total. The van der Waals surface area contributed by atoms with Gasteiger partial charge in [0.2, 0.25) is 11.8 Å². The number of hydrogen-bond acceptors (Lipinski definition) is 2. The summed E-state index contributed by atoms with van der Waals surface area (Å²) in [6.45, 7) is -0.0558. The van der Waals surface area contributed by atoms with Gasteiger partial charge in [-0.1, -0.05) is 34.8 Å². The number of halogens is 3. The topological polar surface area (TPSA) is 49.4 Å². The zero-order valence-electron chi connectivity index (χ0n) is 10.3. The maximum atomic E-state index is 12.5. The van der Waals surface area contributed by atoms with Crippen LogP contribution in [0.25, 0.3) is 0 Å². The maximum absolute atomic E-state index is 12.5. The molecule has 0 aromatic heterocycles. The molecule has 1 aliphatic carbocycles. The number of amides is 2. The van der Waals surface area contributed by atoms with Gasteiger partial charge in [0.05, 0.1) is 20.8 Å². The van der Waals surface area contributed by atoms with Crippen LogP contribution in [0.1, 0.15) is 12.8 Å². The molecular formula is C13H11Cl3N2O2. The van der Waals surface area contributed by atoms with E-state index in [1.807, 2.05) is 0 Å². The Balaban J connectivity index is 1.97. The van der Waals surface area contributed by atoms with Gasteiger partial charge in [-0.05, 0) is 30.9 Å². The van der Waals surface area contributed by atoms with Gasteiger partial charge >= 0.3 is 0 Å². The summed E-state index contributed by atoms with van der Waals surface area (Å²) < 4.78 is 0. The van der Waals surface area contributed by atoms with Crippen LogP contribution in [-0.4, -0.2) is 24.4 Å². The zero-order chi connectivity index (χ0) is 14.4. The highest BCUT2D eigenvalue weighted by molar-refractivity contribution is 6.44. The van der Waals surface area contributed by atoms with Crippen molar-refractivity contribution >= 4 is 52.3 Å². The van der Waals surface area contributed by atoms with E-state index in [1.165, 1.54) is 17.0 Å². The first-order valence-corrected chi connectivity index (χ1v) is 7.36. The molecule has 0 spiro atoms. The highest BCUT2D eigenvalue weighted by atomic mass is 35.5. The maximum Gasteiger partial charge on any atom is 0.250 e. The highest BCUT2D eigenvalue weighted by Gasteiger charge is 2.43. The van der Waals surface area contributed by atoms with E-state index in [0.717, 1.165) is 12.8 Å². The number of piperazine rings is 1. The van der Waals surface area contributed by atoms with Crippen LogP contribution in [0.4, 0.5) is 5.69 Å². The van der Waals surface area contributed by atoms with Gasteiger partial charge in [0, 0.05) is 0 Å². The Hall–Kier alpha value is -0.970. The van der Waals surface area contributed by atoms with Crippen molar-refractivity contribution in [1.82, 2.24) is 5.32 Å². The van der Waals surface area contributed by atoms with Crippen molar-refractivity contribution in [3.63, 3.8) is 0 Å².